The first kappa shape index (κ1) is 17.1. The van der Waals surface area contributed by atoms with Crippen molar-refractivity contribution in [3.8, 4) is 0 Å². The van der Waals surface area contributed by atoms with Gasteiger partial charge in [0.15, 0.2) is 11.6 Å². The zero-order valence-corrected chi connectivity index (χ0v) is 13.6. The SMILES string of the molecule is CC(NC(=O)Cn1ccc2ccccc21)C(O)c1ccc(F)c(F)c1. The van der Waals surface area contributed by atoms with E-state index in [-0.39, 0.29) is 18.0 Å². The predicted octanol–water partition coefficient (Wildman–Crippen LogP) is 3.16. The minimum Gasteiger partial charge on any atom is -0.386 e. The zero-order chi connectivity index (χ0) is 18.0. The van der Waals surface area contributed by atoms with Crippen LogP contribution in [0.3, 0.4) is 0 Å². The van der Waals surface area contributed by atoms with Gasteiger partial charge >= 0.3 is 0 Å². The molecule has 0 spiro atoms. The normalized spacial score (nSPS) is 13.6. The fourth-order valence-electron chi connectivity index (χ4n) is 2.80. The lowest BCUT2D eigenvalue weighted by atomic mass is 10.0. The van der Waals surface area contributed by atoms with Crippen LogP contribution in [0.5, 0.6) is 0 Å². The molecular formula is C19H18F2N2O2. The number of aromatic nitrogens is 1. The summed E-state index contributed by atoms with van der Waals surface area (Å²) in [5.41, 5.74) is 1.14. The monoisotopic (exact) mass is 344 g/mol. The molecule has 1 amide bonds. The van der Waals surface area contributed by atoms with Crippen LogP contribution in [0.15, 0.2) is 54.7 Å². The van der Waals surface area contributed by atoms with Crippen molar-refractivity contribution in [2.45, 2.75) is 25.6 Å². The Morgan fingerprint density at radius 1 is 1.16 bits per heavy atom. The molecule has 0 aliphatic carbocycles. The first-order valence-corrected chi connectivity index (χ1v) is 7.92. The summed E-state index contributed by atoms with van der Waals surface area (Å²) >= 11 is 0. The number of fused-ring (bicyclic) bond motifs is 1. The highest BCUT2D eigenvalue weighted by Gasteiger charge is 2.20. The van der Waals surface area contributed by atoms with E-state index >= 15 is 0 Å². The van der Waals surface area contributed by atoms with Gasteiger partial charge in [0.05, 0.1) is 12.1 Å². The maximum atomic E-state index is 13.3. The van der Waals surface area contributed by atoms with Crippen molar-refractivity contribution in [2.24, 2.45) is 0 Å². The molecule has 0 saturated carbocycles. The summed E-state index contributed by atoms with van der Waals surface area (Å²) in [6, 6.07) is 12.1. The van der Waals surface area contributed by atoms with Crippen molar-refractivity contribution in [2.75, 3.05) is 0 Å². The lowest BCUT2D eigenvalue weighted by molar-refractivity contribution is -0.123. The first-order chi connectivity index (χ1) is 12.0. The van der Waals surface area contributed by atoms with E-state index in [1.807, 2.05) is 36.5 Å². The summed E-state index contributed by atoms with van der Waals surface area (Å²) in [7, 11) is 0. The van der Waals surface area contributed by atoms with E-state index in [0.717, 1.165) is 23.0 Å². The highest BCUT2D eigenvalue weighted by Crippen LogP contribution is 2.20. The van der Waals surface area contributed by atoms with E-state index in [1.54, 1.807) is 11.5 Å². The number of aliphatic hydroxyl groups excluding tert-OH is 1. The Kier molecular flexibility index (Phi) is 4.81. The van der Waals surface area contributed by atoms with Crippen LogP contribution in [0.25, 0.3) is 10.9 Å². The number of amides is 1. The summed E-state index contributed by atoms with van der Waals surface area (Å²) in [4.78, 5) is 12.2. The molecule has 0 radical (unpaired) electrons. The molecule has 2 unspecified atom stereocenters. The molecule has 3 rings (SSSR count). The number of rotatable bonds is 5. The maximum Gasteiger partial charge on any atom is 0.240 e. The van der Waals surface area contributed by atoms with Crippen molar-refractivity contribution in [3.05, 3.63) is 71.9 Å². The number of benzene rings is 2. The summed E-state index contributed by atoms with van der Waals surface area (Å²) in [6.07, 6.45) is 0.682. The van der Waals surface area contributed by atoms with Gasteiger partial charge in [-0.1, -0.05) is 24.3 Å². The van der Waals surface area contributed by atoms with E-state index < -0.39 is 23.8 Å². The predicted molar refractivity (Wildman–Crippen MR) is 90.9 cm³/mol. The number of nitrogens with zero attached hydrogens (tertiary/aromatic N) is 1. The number of carbonyl (C=O) groups is 1. The Labute approximate surface area is 143 Å². The molecular weight excluding hydrogens is 326 g/mol. The minimum atomic E-state index is -1.14. The van der Waals surface area contributed by atoms with Gasteiger partial charge in [-0.15, -0.1) is 0 Å². The molecule has 2 atom stereocenters. The average Bonchev–Trinajstić information content (AvgIpc) is 2.99. The van der Waals surface area contributed by atoms with Crippen molar-refractivity contribution in [1.29, 1.82) is 0 Å². The summed E-state index contributed by atoms with van der Waals surface area (Å²) in [5.74, 6) is -2.29. The van der Waals surface area contributed by atoms with Crippen molar-refractivity contribution < 1.29 is 18.7 Å². The van der Waals surface area contributed by atoms with Gasteiger partial charge in [0.2, 0.25) is 5.91 Å². The Morgan fingerprint density at radius 3 is 2.68 bits per heavy atom. The standard InChI is InChI=1S/C19H18F2N2O2/c1-12(19(25)14-6-7-15(20)16(21)10-14)22-18(24)11-23-9-8-13-4-2-3-5-17(13)23/h2-10,12,19,25H,11H2,1H3,(H,22,24). The van der Waals surface area contributed by atoms with E-state index in [0.29, 0.717) is 0 Å². The third-order valence-corrected chi connectivity index (χ3v) is 4.14. The van der Waals surface area contributed by atoms with Crippen LogP contribution in [0.4, 0.5) is 8.78 Å². The number of hydrogen-bond acceptors (Lipinski definition) is 2. The van der Waals surface area contributed by atoms with Crippen molar-refractivity contribution >= 4 is 16.8 Å². The molecule has 0 fully saturated rings. The van der Waals surface area contributed by atoms with Gasteiger partial charge in [-0.25, -0.2) is 8.78 Å². The van der Waals surface area contributed by atoms with Gasteiger partial charge in [-0.05, 0) is 42.1 Å². The van der Waals surface area contributed by atoms with Gasteiger partial charge in [0.1, 0.15) is 6.54 Å². The third-order valence-electron chi connectivity index (χ3n) is 4.14. The highest BCUT2D eigenvalue weighted by molar-refractivity contribution is 5.83. The second-order valence-electron chi connectivity index (χ2n) is 5.98. The lowest BCUT2D eigenvalue weighted by Crippen LogP contribution is -2.38. The molecule has 0 aliphatic rings. The minimum absolute atomic E-state index is 0.0996. The van der Waals surface area contributed by atoms with Gasteiger partial charge in [-0.3, -0.25) is 4.79 Å². The topological polar surface area (TPSA) is 54.3 Å². The molecule has 1 heterocycles. The van der Waals surface area contributed by atoms with Crippen LogP contribution in [-0.2, 0) is 11.3 Å². The number of aliphatic hydroxyl groups is 1. The van der Waals surface area contributed by atoms with Crippen LogP contribution < -0.4 is 5.32 Å². The fourth-order valence-corrected chi connectivity index (χ4v) is 2.80. The molecule has 3 aromatic rings. The quantitative estimate of drug-likeness (QED) is 0.747. The molecule has 0 bridgehead atoms. The molecule has 6 heteroatoms. The van der Waals surface area contributed by atoms with Crippen LogP contribution in [0.2, 0.25) is 0 Å². The Morgan fingerprint density at radius 2 is 1.92 bits per heavy atom. The first-order valence-electron chi connectivity index (χ1n) is 7.92. The molecule has 2 N–H and O–H groups in total. The molecule has 0 saturated heterocycles. The van der Waals surface area contributed by atoms with Gasteiger partial charge in [-0.2, -0.15) is 0 Å². The average molecular weight is 344 g/mol. The van der Waals surface area contributed by atoms with Gasteiger partial charge in [0, 0.05) is 11.7 Å². The lowest BCUT2D eigenvalue weighted by Gasteiger charge is -2.21. The van der Waals surface area contributed by atoms with E-state index in [9.17, 15) is 18.7 Å². The summed E-state index contributed by atoms with van der Waals surface area (Å²) in [5, 5.41) is 14.0. The molecule has 130 valence electrons. The van der Waals surface area contributed by atoms with Crippen LogP contribution in [0, 0.1) is 11.6 Å². The Balaban J connectivity index is 1.66. The number of nitrogens with one attached hydrogen (secondary N) is 1. The van der Waals surface area contributed by atoms with Crippen molar-refractivity contribution in [1.82, 2.24) is 9.88 Å². The van der Waals surface area contributed by atoms with Crippen molar-refractivity contribution in [3.63, 3.8) is 0 Å². The number of carbonyl (C=O) groups excluding carboxylic acids is 1. The van der Waals surface area contributed by atoms with Crippen LogP contribution in [-0.4, -0.2) is 21.6 Å². The maximum absolute atomic E-state index is 13.3. The van der Waals surface area contributed by atoms with Gasteiger partial charge < -0.3 is 15.0 Å². The number of para-hydroxylation sites is 1. The molecule has 25 heavy (non-hydrogen) atoms. The summed E-state index contributed by atoms with van der Waals surface area (Å²) in [6.45, 7) is 1.71. The van der Waals surface area contributed by atoms with Crippen LogP contribution >= 0.6 is 0 Å². The highest BCUT2D eigenvalue weighted by atomic mass is 19.2. The zero-order valence-electron chi connectivity index (χ0n) is 13.6. The fraction of sp³-hybridized carbons (Fsp3) is 0.211. The molecule has 1 aromatic heterocycles. The largest absolute Gasteiger partial charge is 0.386 e. The van der Waals surface area contributed by atoms with E-state index in [1.165, 1.54) is 6.07 Å². The summed E-state index contributed by atoms with van der Waals surface area (Å²) < 4.78 is 28.1. The van der Waals surface area contributed by atoms with E-state index in [4.69, 9.17) is 0 Å². The number of halogens is 2. The molecule has 0 aliphatic heterocycles. The number of hydrogen-bond donors (Lipinski definition) is 2. The van der Waals surface area contributed by atoms with Gasteiger partial charge in [0.25, 0.3) is 0 Å². The molecule has 4 nitrogen and oxygen atoms in total. The van der Waals surface area contributed by atoms with Crippen LogP contribution in [0.1, 0.15) is 18.6 Å². The smallest absolute Gasteiger partial charge is 0.240 e. The second kappa shape index (κ2) is 7.03. The Bertz CT molecular complexity index is 907. The Hall–Kier alpha value is -2.73. The third kappa shape index (κ3) is 3.69. The molecule has 2 aromatic carbocycles. The second-order valence-corrected chi connectivity index (χ2v) is 5.98. The van der Waals surface area contributed by atoms with E-state index in [2.05, 4.69) is 5.32 Å².